The lowest BCUT2D eigenvalue weighted by Crippen LogP contribution is -2.34. The molecule has 0 N–H and O–H groups in total. The first kappa shape index (κ1) is 17.9. The molecule has 0 heterocycles. The Bertz CT molecular complexity index is 753. The van der Waals surface area contributed by atoms with E-state index in [0.29, 0.717) is 5.92 Å². The first-order chi connectivity index (χ1) is 12.2. The van der Waals surface area contributed by atoms with Gasteiger partial charge in [0.25, 0.3) is 0 Å². The van der Waals surface area contributed by atoms with Crippen LogP contribution >= 0.6 is 7.26 Å². The molecule has 1 radical (unpaired) electrons. The second kappa shape index (κ2) is 7.98. The Hall–Kier alpha value is -1.91. The molecule has 0 aliphatic heterocycles. The molecule has 129 valence electrons. The molecule has 0 aliphatic carbocycles. The van der Waals surface area contributed by atoms with E-state index in [1.54, 1.807) is 5.30 Å². The van der Waals surface area contributed by atoms with Crippen LogP contribution in [0.3, 0.4) is 0 Å². The second-order valence-corrected chi connectivity index (χ2v) is 10.4. The highest BCUT2D eigenvalue weighted by Gasteiger charge is 2.34. The van der Waals surface area contributed by atoms with Crippen molar-refractivity contribution in [3.63, 3.8) is 0 Å². The highest BCUT2D eigenvalue weighted by Crippen LogP contribution is 2.56. The van der Waals surface area contributed by atoms with Crippen molar-refractivity contribution in [2.45, 2.75) is 33.1 Å². The first-order valence-electron chi connectivity index (χ1n) is 9.32. The predicted octanol–water partition coefficient (Wildman–Crippen LogP) is 5.51. The van der Waals surface area contributed by atoms with Gasteiger partial charge < -0.3 is 0 Å². The summed E-state index contributed by atoms with van der Waals surface area (Å²) in [6.45, 7) is 7.01. The molecule has 0 fully saturated rings. The summed E-state index contributed by atoms with van der Waals surface area (Å²) in [7, 11) is -1.64. The van der Waals surface area contributed by atoms with Crippen molar-refractivity contribution in [1.29, 1.82) is 0 Å². The fourth-order valence-electron chi connectivity index (χ4n) is 3.80. The molecular weight excluding hydrogens is 319 g/mol. The lowest BCUT2D eigenvalue weighted by Gasteiger charge is -2.39. The maximum Gasteiger partial charge on any atom is -0.0162 e. The Kier molecular flexibility index (Phi) is 5.71. The van der Waals surface area contributed by atoms with Crippen LogP contribution in [0.4, 0.5) is 0 Å². The van der Waals surface area contributed by atoms with Gasteiger partial charge in [-0.15, -0.1) is 0 Å². The summed E-state index contributed by atoms with van der Waals surface area (Å²) in [6.07, 6.45) is 2.32. The molecule has 3 aromatic carbocycles. The van der Waals surface area contributed by atoms with Crippen molar-refractivity contribution >= 4 is 23.2 Å². The Balaban J connectivity index is 2.34. The third kappa shape index (κ3) is 3.29. The van der Waals surface area contributed by atoms with Crippen molar-refractivity contribution < 1.29 is 0 Å². The molecule has 0 amide bonds. The zero-order chi connectivity index (χ0) is 17.7. The van der Waals surface area contributed by atoms with Gasteiger partial charge in [0.15, 0.2) is 0 Å². The van der Waals surface area contributed by atoms with E-state index >= 15 is 0 Å². The fourth-order valence-corrected chi connectivity index (χ4v) is 8.16. The van der Waals surface area contributed by atoms with Crippen molar-refractivity contribution in [3.8, 4) is 0 Å². The lowest BCUT2D eigenvalue weighted by atomic mass is 9.99. The molecule has 1 unspecified atom stereocenters. The third-order valence-electron chi connectivity index (χ3n) is 5.36. The Morgan fingerprint density at radius 2 is 1.16 bits per heavy atom. The molecular formula is C24H28P. The molecule has 0 aromatic heterocycles. The van der Waals surface area contributed by atoms with Gasteiger partial charge in [0.05, 0.1) is 0 Å². The molecule has 0 saturated carbocycles. The lowest BCUT2D eigenvalue weighted by molar-refractivity contribution is 0.738. The van der Waals surface area contributed by atoms with E-state index in [1.165, 1.54) is 22.6 Å². The first-order valence-corrected chi connectivity index (χ1v) is 11.3. The van der Waals surface area contributed by atoms with Gasteiger partial charge in [-0.25, -0.2) is 0 Å². The van der Waals surface area contributed by atoms with Crippen molar-refractivity contribution in [3.05, 3.63) is 90.5 Å². The van der Waals surface area contributed by atoms with Gasteiger partial charge in [-0.1, -0.05) is 106 Å². The molecule has 3 aromatic rings. The number of hydrogen-bond donors (Lipinski definition) is 0. The summed E-state index contributed by atoms with van der Waals surface area (Å²) in [5.74, 6) is 0.578. The summed E-state index contributed by atoms with van der Waals surface area (Å²) in [4.78, 5) is 0. The molecule has 0 aliphatic rings. The quantitative estimate of drug-likeness (QED) is 0.516. The summed E-state index contributed by atoms with van der Waals surface area (Å²) >= 11 is 0. The van der Waals surface area contributed by atoms with Gasteiger partial charge >= 0.3 is 0 Å². The van der Waals surface area contributed by atoms with E-state index in [9.17, 15) is 0 Å². The Morgan fingerprint density at radius 3 is 1.64 bits per heavy atom. The molecule has 0 nitrogen and oxygen atoms in total. The van der Waals surface area contributed by atoms with Crippen LogP contribution in [-0.2, 0) is 0 Å². The van der Waals surface area contributed by atoms with Crippen LogP contribution in [0.25, 0.3) is 0 Å². The molecule has 25 heavy (non-hydrogen) atoms. The van der Waals surface area contributed by atoms with Gasteiger partial charge in [0.2, 0.25) is 0 Å². The average molecular weight is 347 g/mol. The standard InChI is InChI=1S/C24H28P/c1-4-20(3)23-18-12-13-19-24(23)25(5-2,21-14-8-6-9-15-21)22-16-10-7-11-17-22/h6-20H,4-5H2,1-3H3. The monoisotopic (exact) mass is 347 g/mol. The smallest absolute Gasteiger partial charge is 0.0162 e. The van der Waals surface area contributed by atoms with Gasteiger partial charge in [0.1, 0.15) is 0 Å². The number of benzene rings is 3. The van der Waals surface area contributed by atoms with E-state index in [0.717, 1.165) is 6.16 Å². The third-order valence-corrected chi connectivity index (χ3v) is 9.90. The van der Waals surface area contributed by atoms with Crippen LogP contribution in [-0.4, -0.2) is 6.16 Å². The van der Waals surface area contributed by atoms with Crippen molar-refractivity contribution in [2.75, 3.05) is 6.16 Å². The van der Waals surface area contributed by atoms with Crippen LogP contribution in [0.15, 0.2) is 84.9 Å². The van der Waals surface area contributed by atoms with Crippen molar-refractivity contribution in [1.82, 2.24) is 0 Å². The second-order valence-electron chi connectivity index (χ2n) is 6.67. The topological polar surface area (TPSA) is 0 Å². The van der Waals surface area contributed by atoms with Crippen LogP contribution in [0.5, 0.6) is 0 Å². The molecule has 1 heteroatoms. The van der Waals surface area contributed by atoms with E-state index in [2.05, 4.69) is 106 Å². The zero-order valence-corrected chi connectivity index (χ0v) is 16.4. The van der Waals surface area contributed by atoms with E-state index in [4.69, 9.17) is 0 Å². The van der Waals surface area contributed by atoms with Gasteiger partial charge in [-0.2, -0.15) is 0 Å². The van der Waals surface area contributed by atoms with Gasteiger partial charge in [-0.05, 0) is 47.2 Å². The maximum absolute atomic E-state index is 2.39. The van der Waals surface area contributed by atoms with Crippen LogP contribution in [0, 0.1) is 0 Å². The van der Waals surface area contributed by atoms with Crippen molar-refractivity contribution in [2.24, 2.45) is 0 Å². The fraction of sp³-hybridized carbons (Fsp3) is 0.250. The molecule has 0 spiro atoms. The summed E-state index contributed by atoms with van der Waals surface area (Å²) in [5, 5.41) is 4.53. The van der Waals surface area contributed by atoms with E-state index in [-0.39, 0.29) is 0 Å². The molecule has 0 bridgehead atoms. The normalized spacial score (nSPS) is 12.8. The largest absolute Gasteiger partial charge is 0.0648 e. The Labute approximate surface area is 153 Å². The predicted molar refractivity (Wildman–Crippen MR) is 114 cm³/mol. The molecule has 1 atom stereocenters. The highest BCUT2D eigenvalue weighted by molar-refractivity contribution is 7.95. The SMILES string of the molecule is CCC(C)c1ccccc1[P](CC)(c1ccccc1)c1ccccc1. The van der Waals surface area contributed by atoms with Crippen LogP contribution < -0.4 is 15.9 Å². The molecule has 0 saturated heterocycles. The molecule has 3 rings (SSSR count). The van der Waals surface area contributed by atoms with Gasteiger partial charge in [0, 0.05) is 0 Å². The highest BCUT2D eigenvalue weighted by atomic mass is 31.2. The number of hydrogen-bond acceptors (Lipinski definition) is 0. The average Bonchev–Trinajstić information content (AvgIpc) is 2.70. The van der Waals surface area contributed by atoms with E-state index in [1.807, 2.05) is 0 Å². The van der Waals surface area contributed by atoms with Crippen LogP contribution in [0.2, 0.25) is 0 Å². The Morgan fingerprint density at radius 1 is 0.680 bits per heavy atom. The summed E-state index contributed by atoms with van der Waals surface area (Å²) < 4.78 is 0. The summed E-state index contributed by atoms with van der Waals surface area (Å²) in [6, 6.07) is 31.5. The van der Waals surface area contributed by atoms with Crippen LogP contribution in [0.1, 0.15) is 38.7 Å². The zero-order valence-electron chi connectivity index (χ0n) is 15.5. The van der Waals surface area contributed by atoms with E-state index < -0.39 is 7.26 Å². The maximum atomic E-state index is 2.39. The minimum Gasteiger partial charge on any atom is -0.0648 e. The minimum absolute atomic E-state index is 0.578. The summed E-state index contributed by atoms with van der Waals surface area (Å²) in [5.41, 5.74) is 1.52. The van der Waals surface area contributed by atoms with Gasteiger partial charge in [-0.3, -0.25) is 0 Å². The minimum atomic E-state index is -1.64. The number of rotatable bonds is 6.